The van der Waals surface area contributed by atoms with Crippen LogP contribution in [0, 0.1) is 17.8 Å². The second kappa shape index (κ2) is 6.91. The minimum absolute atomic E-state index is 0.416. The van der Waals surface area contributed by atoms with E-state index in [1.807, 2.05) is 32.0 Å². The van der Waals surface area contributed by atoms with Crippen LogP contribution in [-0.2, 0) is 11.3 Å². The molecule has 1 fully saturated rings. The lowest BCUT2D eigenvalue weighted by Crippen LogP contribution is -2.21. The maximum Gasteiger partial charge on any atom is 0.123 e. The topological polar surface area (TPSA) is 9.23 Å². The van der Waals surface area contributed by atoms with E-state index in [2.05, 4.69) is 64.2 Å². The van der Waals surface area contributed by atoms with E-state index in [1.54, 1.807) is 0 Å². The van der Waals surface area contributed by atoms with Crippen molar-refractivity contribution in [2.24, 2.45) is 5.92 Å². The Kier molecular flexibility index (Phi) is 4.90. The monoisotopic (exact) mass is 368 g/mol. The lowest BCUT2D eigenvalue weighted by molar-refractivity contribution is 0.0143. The Hall–Kier alpha value is -1.56. The van der Waals surface area contributed by atoms with Gasteiger partial charge in [0.25, 0.3) is 0 Å². The second-order valence-corrected chi connectivity index (χ2v) is 7.47. The number of hydrogen-bond acceptors (Lipinski definition) is 1. The van der Waals surface area contributed by atoms with E-state index in [0.717, 1.165) is 10.9 Å². The van der Waals surface area contributed by atoms with Gasteiger partial charge in [-0.15, -0.1) is 0 Å². The molecule has 0 amide bonds. The number of benzene rings is 2. The summed E-state index contributed by atoms with van der Waals surface area (Å²) in [7, 11) is 0. The highest BCUT2D eigenvalue weighted by molar-refractivity contribution is 9.10. The summed E-state index contributed by atoms with van der Waals surface area (Å²) in [6.45, 7) is 4.68. The first-order valence-electron chi connectivity index (χ1n) is 7.99. The zero-order valence-corrected chi connectivity index (χ0v) is 15.1. The molecular formula is C21H21BrO. The lowest BCUT2D eigenvalue weighted by Gasteiger charge is -2.18. The van der Waals surface area contributed by atoms with E-state index < -0.39 is 5.60 Å². The molecule has 0 bridgehead atoms. The van der Waals surface area contributed by atoms with Gasteiger partial charge in [0.1, 0.15) is 5.60 Å². The van der Waals surface area contributed by atoms with Gasteiger partial charge in [0.05, 0.1) is 6.61 Å². The van der Waals surface area contributed by atoms with Crippen molar-refractivity contribution >= 4 is 15.9 Å². The van der Waals surface area contributed by atoms with Gasteiger partial charge in [-0.1, -0.05) is 70.2 Å². The van der Waals surface area contributed by atoms with Crippen molar-refractivity contribution in [3.05, 3.63) is 70.2 Å². The largest absolute Gasteiger partial charge is 0.358 e. The van der Waals surface area contributed by atoms with Gasteiger partial charge in [-0.2, -0.15) is 0 Å². The van der Waals surface area contributed by atoms with Crippen molar-refractivity contribution < 1.29 is 4.74 Å². The third kappa shape index (κ3) is 4.70. The van der Waals surface area contributed by atoms with Crippen LogP contribution < -0.4 is 0 Å². The van der Waals surface area contributed by atoms with Gasteiger partial charge in [0, 0.05) is 10.4 Å². The number of rotatable bonds is 4. The summed E-state index contributed by atoms with van der Waals surface area (Å²) in [4.78, 5) is 0. The average Bonchev–Trinajstić information content (AvgIpc) is 3.32. The molecule has 0 spiro atoms. The summed E-state index contributed by atoms with van der Waals surface area (Å²) in [5, 5.41) is 0. The second-order valence-electron chi connectivity index (χ2n) is 6.56. The predicted octanol–water partition coefficient (Wildman–Crippen LogP) is 5.55. The molecule has 0 radical (unpaired) electrons. The van der Waals surface area contributed by atoms with Gasteiger partial charge < -0.3 is 4.74 Å². The summed E-state index contributed by atoms with van der Waals surface area (Å²) in [5.74, 6) is 7.77. The van der Waals surface area contributed by atoms with Crippen LogP contribution in [-0.4, -0.2) is 5.60 Å². The van der Waals surface area contributed by atoms with Crippen molar-refractivity contribution in [2.45, 2.75) is 38.4 Å². The minimum atomic E-state index is -0.416. The van der Waals surface area contributed by atoms with Crippen LogP contribution in [0.4, 0.5) is 0 Å². The maximum atomic E-state index is 5.97. The quantitative estimate of drug-likeness (QED) is 0.642. The van der Waals surface area contributed by atoms with Crippen molar-refractivity contribution in [1.82, 2.24) is 0 Å². The van der Waals surface area contributed by atoms with Gasteiger partial charge in [-0.05, 0) is 49.4 Å². The molecule has 1 aliphatic rings. The van der Waals surface area contributed by atoms with Crippen molar-refractivity contribution in [2.75, 3.05) is 0 Å². The Balaban J connectivity index is 1.56. The number of hydrogen-bond donors (Lipinski definition) is 0. The van der Waals surface area contributed by atoms with Crippen LogP contribution in [0.5, 0.6) is 0 Å². The highest BCUT2D eigenvalue weighted by Gasteiger charge is 2.37. The maximum absolute atomic E-state index is 5.97. The van der Waals surface area contributed by atoms with Gasteiger partial charge >= 0.3 is 0 Å². The lowest BCUT2D eigenvalue weighted by atomic mass is 10.1. The number of halogens is 1. The van der Waals surface area contributed by atoms with Crippen molar-refractivity contribution in [3.63, 3.8) is 0 Å². The Bertz CT molecular complexity index is 724. The molecule has 0 aromatic heterocycles. The van der Waals surface area contributed by atoms with Gasteiger partial charge in [-0.3, -0.25) is 0 Å². The summed E-state index contributed by atoms with van der Waals surface area (Å²) in [6, 6.07) is 18.8. The van der Waals surface area contributed by atoms with Crippen LogP contribution in [0.15, 0.2) is 59.1 Å². The molecule has 1 saturated carbocycles. The first kappa shape index (κ1) is 16.3. The van der Waals surface area contributed by atoms with Gasteiger partial charge in [0.15, 0.2) is 0 Å². The highest BCUT2D eigenvalue weighted by Crippen LogP contribution is 2.47. The molecule has 0 N–H and O–H groups in total. The van der Waals surface area contributed by atoms with E-state index in [9.17, 15) is 0 Å². The van der Waals surface area contributed by atoms with E-state index in [-0.39, 0.29) is 0 Å². The molecule has 3 rings (SSSR count). The Morgan fingerprint density at radius 3 is 2.65 bits per heavy atom. The fraction of sp³-hybridized carbons (Fsp3) is 0.333. The predicted molar refractivity (Wildman–Crippen MR) is 98.1 cm³/mol. The molecule has 23 heavy (non-hydrogen) atoms. The summed E-state index contributed by atoms with van der Waals surface area (Å²) >= 11 is 3.54. The standard InChI is InChI=1S/C21H21BrO/c1-21(2,23-15-16-7-4-3-5-8-16)12-11-18-14-20(18)17-9-6-10-19(22)13-17/h3-10,13,18,20H,14-15H2,1-2H3/t18-,20-/m0/s1. The highest BCUT2D eigenvalue weighted by atomic mass is 79.9. The molecule has 0 heterocycles. The molecule has 2 heteroatoms. The molecule has 0 aliphatic heterocycles. The molecule has 1 nitrogen and oxygen atoms in total. The fourth-order valence-corrected chi connectivity index (χ4v) is 3.02. The fourth-order valence-electron chi connectivity index (χ4n) is 2.60. The van der Waals surface area contributed by atoms with Gasteiger partial charge in [0.2, 0.25) is 0 Å². The summed E-state index contributed by atoms with van der Waals surface area (Å²) < 4.78 is 7.11. The van der Waals surface area contributed by atoms with Crippen LogP contribution >= 0.6 is 15.9 Å². The molecule has 2 aromatic carbocycles. The normalized spacial score (nSPS) is 19.8. The van der Waals surface area contributed by atoms with Crippen LogP contribution in [0.2, 0.25) is 0 Å². The molecule has 0 unspecified atom stereocenters. The Morgan fingerprint density at radius 2 is 1.91 bits per heavy atom. The molecule has 2 aromatic rings. The van der Waals surface area contributed by atoms with E-state index in [1.165, 1.54) is 11.1 Å². The molecule has 2 atom stereocenters. The van der Waals surface area contributed by atoms with Crippen LogP contribution in [0.1, 0.15) is 37.3 Å². The van der Waals surface area contributed by atoms with Crippen LogP contribution in [0.3, 0.4) is 0 Å². The van der Waals surface area contributed by atoms with Gasteiger partial charge in [-0.25, -0.2) is 0 Å². The molecule has 1 aliphatic carbocycles. The number of ether oxygens (including phenoxy) is 1. The molecular weight excluding hydrogens is 348 g/mol. The zero-order chi connectivity index (χ0) is 16.3. The smallest absolute Gasteiger partial charge is 0.123 e. The minimum Gasteiger partial charge on any atom is -0.358 e. The first-order valence-corrected chi connectivity index (χ1v) is 8.79. The first-order chi connectivity index (χ1) is 11.0. The Morgan fingerprint density at radius 1 is 1.13 bits per heavy atom. The Labute approximate surface area is 147 Å². The van der Waals surface area contributed by atoms with Crippen molar-refractivity contribution in [1.29, 1.82) is 0 Å². The summed E-state index contributed by atoms with van der Waals surface area (Å²) in [5.41, 5.74) is 2.14. The zero-order valence-electron chi connectivity index (χ0n) is 13.6. The third-order valence-corrected chi connectivity index (χ3v) is 4.56. The third-order valence-electron chi connectivity index (χ3n) is 4.07. The average molecular weight is 369 g/mol. The van der Waals surface area contributed by atoms with Crippen LogP contribution in [0.25, 0.3) is 0 Å². The molecule has 0 saturated heterocycles. The van der Waals surface area contributed by atoms with E-state index in [4.69, 9.17) is 4.74 Å². The molecule has 118 valence electrons. The van der Waals surface area contributed by atoms with E-state index in [0.29, 0.717) is 18.4 Å². The SMILES string of the molecule is CC(C)(C#C[C@H]1C[C@H]1c1cccc(Br)c1)OCc1ccccc1. The van der Waals surface area contributed by atoms with E-state index >= 15 is 0 Å². The van der Waals surface area contributed by atoms with Crippen molar-refractivity contribution in [3.8, 4) is 11.8 Å². The summed E-state index contributed by atoms with van der Waals surface area (Å²) in [6.07, 6.45) is 1.15.